The summed E-state index contributed by atoms with van der Waals surface area (Å²) in [4.78, 5) is 83.4. The van der Waals surface area contributed by atoms with Crippen molar-refractivity contribution >= 4 is 70.7 Å². The van der Waals surface area contributed by atoms with Gasteiger partial charge in [-0.25, -0.2) is 28.8 Å². The van der Waals surface area contributed by atoms with Gasteiger partial charge in [0.05, 0.1) is 0 Å². The minimum atomic E-state index is -0.770. The van der Waals surface area contributed by atoms with Gasteiger partial charge in [-0.05, 0) is 36.4 Å². The van der Waals surface area contributed by atoms with Crippen molar-refractivity contribution in [3.8, 4) is 34.5 Å². The highest BCUT2D eigenvalue weighted by molar-refractivity contribution is 5.83. The molecule has 0 aliphatic carbocycles. The molecule has 3 aromatic carbocycles. The lowest BCUT2D eigenvalue weighted by molar-refractivity contribution is -0.146. The zero-order valence-electron chi connectivity index (χ0n) is 36.3. The van der Waals surface area contributed by atoms with Crippen molar-refractivity contribution in [1.82, 2.24) is 15.0 Å². The van der Waals surface area contributed by atoms with Crippen molar-refractivity contribution < 1.29 is 85.6 Å². The minimum Gasteiger partial charge on any atom is -0.453 e. The van der Waals surface area contributed by atoms with Crippen LogP contribution in [-0.4, -0.2) is 91.5 Å². The number of benzene rings is 3. The molecule has 4 rings (SSSR count). The molecule has 4 aromatic rings. The number of carbonyl (C=O) groups is 6. The smallest absolute Gasteiger partial charge is 0.333 e. The van der Waals surface area contributed by atoms with Crippen molar-refractivity contribution in [2.24, 2.45) is 0 Å². The van der Waals surface area contributed by atoms with Crippen LogP contribution in [0.3, 0.4) is 0 Å². The summed E-state index contributed by atoms with van der Waals surface area (Å²) in [6.45, 7) is 16.8. The Morgan fingerprint density at radius 2 is 0.551 bits per heavy atom. The lowest BCUT2D eigenvalue weighted by Crippen LogP contribution is -2.12. The number of aromatic nitrogens is 3. The number of hydrogen-bond donors (Lipinski definition) is 3. The van der Waals surface area contributed by atoms with Crippen molar-refractivity contribution in [3.63, 3.8) is 0 Å². The first-order valence-corrected chi connectivity index (χ1v) is 19.4. The lowest BCUT2D eigenvalue weighted by Gasteiger charge is -2.16. The third kappa shape index (κ3) is 17.9. The molecular formula is C45H42N6O18. The predicted molar refractivity (Wildman–Crippen MR) is 240 cm³/mol. The first-order chi connectivity index (χ1) is 33.4. The largest absolute Gasteiger partial charge is 0.453 e. The van der Waals surface area contributed by atoms with Crippen molar-refractivity contribution in [3.05, 3.63) is 131 Å². The summed E-state index contributed by atoms with van der Waals surface area (Å²) >= 11 is 0. The summed E-state index contributed by atoms with van der Waals surface area (Å²) in [5, 5.41) is 9.06. The average molecular weight is 955 g/mol. The Hall–Kier alpha value is -9.87. The Labute approximate surface area is 392 Å². The van der Waals surface area contributed by atoms with Gasteiger partial charge in [0.2, 0.25) is 58.6 Å². The second-order valence-electron chi connectivity index (χ2n) is 12.2. The molecule has 0 fully saturated rings. The minimum absolute atomic E-state index is 0.0120. The van der Waals surface area contributed by atoms with Crippen LogP contribution in [-0.2, 0) is 57.2 Å². The van der Waals surface area contributed by atoms with Gasteiger partial charge >= 0.3 is 35.8 Å². The summed E-state index contributed by atoms with van der Waals surface area (Å²) in [6, 6.07) is 13.2. The number of anilines is 6. The normalized spacial score (nSPS) is 9.91. The van der Waals surface area contributed by atoms with E-state index in [-0.39, 0.29) is 69.4 Å². The SMILES string of the molecule is C=CC(=O)OCOc1ccc(Nc2nc(Nc3ccc(OCOC(=O)C=C)c(OCOC(=O)C=C)c3)nc(Nc3ccc(OCOC(=O)C=C)c(OCOC(=O)C=C)c3)n2)cc1OCOC(=O)C=C. The van der Waals surface area contributed by atoms with Crippen LogP contribution in [0.15, 0.2) is 131 Å². The number of nitrogens with zero attached hydrogens (tertiary/aromatic N) is 3. The average Bonchev–Trinajstić information content (AvgIpc) is 3.35. The number of rotatable bonds is 30. The van der Waals surface area contributed by atoms with Crippen molar-refractivity contribution in [2.75, 3.05) is 56.7 Å². The first kappa shape index (κ1) is 51.8. The molecule has 360 valence electrons. The van der Waals surface area contributed by atoms with E-state index < -0.39 is 76.6 Å². The Kier molecular flexibility index (Phi) is 20.6. The number of esters is 6. The molecule has 24 nitrogen and oxygen atoms in total. The third-order valence-electron chi connectivity index (χ3n) is 7.73. The molecule has 0 spiro atoms. The van der Waals surface area contributed by atoms with E-state index in [0.717, 1.165) is 36.5 Å². The van der Waals surface area contributed by atoms with Crippen LogP contribution in [0.5, 0.6) is 34.5 Å². The lowest BCUT2D eigenvalue weighted by atomic mass is 10.2. The zero-order chi connectivity index (χ0) is 50.0. The molecule has 0 bridgehead atoms. The molecule has 0 radical (unpaired) electrons. The van der Waals surface area contributed by atoms with E-state index >= 15 is 0 Å². The summed E-state index contributed by atoms with van der Waals surface area (Å²) in [5.41, 5.74) is 0.848. The van der Waals surface area contributed by atoms with Gasteiger partial charge in [-0.1, -0.05) is 39.5 Å². The Balaban J connectivity index is 1.74. The zero-order valence-corrected chi connectivity index (χ0v) is 36.3. The van der Waals surface area contributed by atoms with Crippen LogP contribution in [0.1, 0.15) is 0 Å². The summed E-state index contributed by atoms with van der Waals surface area (Å²) in [6.07, 6.45) is 5.65. The third-order valence-corrected chi connectivity index (χ3v) is 7.73. The maximum absolute atomic E-state index is 11.7. The van der Waals surface area contributed by atoms with E-state index in [1.165, 1.54) is 54.6 Å². The van der Waals surface area contributed by atoms with Gasteiger partial charge in [0.25, 0.3) is 0 Å². The van der Waals surface area contributed by atoms with Gasteiger partial charge < -0.3 is 72.8 Å². The fraction of sp³-hybridized carbons (Fsp3) is 0.133. The monoisotopic (exact) mass is 954 g/mol. The maximum atomic E-state index is 11.7. The van der Waals surface area contributed by atoms with E-state index in [2.05, 4.69) is 70.4 Å². The highest BCUT2D eigenvalue weighted by Gasteiger charge is 2.16. The molecule has 0 saturated carbocycles. The van der Waals surface area contributed by atoms with Crippen LogP contribution in [0.25, 0.3) is 0 Å². The van der Waals surface area contributed by atoms with Crippen LogP contribution < -0.4 is 44.4 Å². The van der Waals surface area contributed by atoms with Crippen LogP contribution >= 0.6 is 0 Å². The first-order valence-electron chi connectivity index (χ1n) is 19.4. The van der Waals surface area contributed by atoms with E-state index in [1.807, 2.05) is 0 Å². The van der Waals surface area contributed by atoms with Gasteiger partial charge in [-0.15, -0.1) is 0 Å². The fourth-order valence-corrected chi connectivity index (χ4v) is 4.64. The molecule has 0 saturated heterocycles. The van der Waals surface area contributed by atoms with E-state index in [1.54, 1.807) is 0 Å². The molecule has 0 unspecified atom stereocenters. The molecule has 69 heavy (non-hydrogen) atoms. The maximum Gasteiger partial charge on any atom is 0.333 e. The number of carbonyl (C=O) groups excluding carboxylic acids is 6. The second-order valence-corrected chi connectivity index (χ2v) is 12.2. The van der Waals surface area contributed by atoms with Gasteiger partial charge in [-0.2, -0.15) is 15.0 Å². The van der Waals surface area contributed by atoms with Gasteiger partial charge in [0.1, 0.15) is 0 Å². The summed E-state index contributed by atoms with van der Waals surface area (Å²) in [5.74, 6) is -4.60. The van der Waals surface area contributed by atoms with Gasteiger partial charge in [0.15, 0.2) is 34.5 Å². The van der Waals surface area contributed by atoms with Crippen LogP contribution in [0.4, 0.5) is 34.9 Å². The van der Waals surface area contributed by atoms with Gasteiger partial charge in [0, 0.05) is 71.7 Å². The summed E-state index contributed by atoms with van der Waals surface area (Å²) < 4.78 is 63.1. The van der Waals surface area contributed by atoms with E-state index in [0.29, 0.717) is 0 Å². The second kappa shape index (κ2) is 27.5. The topological polar surface area (TPSA) is 288 Å². The number of nitrogens with one attached hydrogen (secondary N) is 3. The van der Waals surface area contributed by atoms with Crippen LogP contribution in [0.2, 0.25) is 0 Å². The van der Waals surface area contributed by atoms with Crippen molar-refractivity contribution in [1.29, 1.82) is 0 Å². The highest BCUT2D eigenvalue weighted by atomic mass is 16.7. The molecule has 0 atom stereocenters. The van der Waals surface area contributed by atoms with E-state index in [4.69, 9.17) is 56.8 Å². The molecular weight excluding hydrogens is 913 g/mol. The molecule has 1 aromatic heterocycles. The fourth-order valence-electron chi connectivity index (χ4n) is 4.64. The van der Waals surface area contributed by atoms with Crippen LogP contribution in [0, 0.1) is 0 Å². The Morgan fingerprint density at radius 3 is 0.754 bits per heavy atom. The van der Waals surface area contributed by atoms with Gasteiger partial charge in [-0.3, -0.25) is 0 Å². The molecule has 0 aliphatic heterocycles. The number of ether oxygens (including phenoxy) is 12. The molecule has 0 amide bonds. The van der Waals surface area contributed by atoms with E-state index in [9.17, 15) is 28.8 Å². The Bertz CT molecular complexity index is 2280. The standard InChI is InChI=1S/C45H42N6O18/c1-7-37(52)64-22-58-31-16-13-28(19-34(31)61-25-67-40(55)10-4)46-43-49-44(47-29-14-17-32(59-23-65-38(53)8-2)35(20-29)62-26-68-41(56)11-5)51-45(50-43)48-30-15-18-33(60-24-66-39(54)9-3)36(21-30)63-27-69-42(57)12-6/h7-21H,1-6,22-27H2,(H3,46,47,48,49,50,51). The number of hydrogen-bond acceptors (Lipinski definition) is 24. The molecule has 3 N–H and O–H groups in total. The summed E-state index contributed by atoms with van der Waals surface area (Å²) in [7, 11) is 0. The molecule has 0 aliphatic rings. The predicted octanol–water partition coefficient (Wildman–Crippen LogP) is 5.50. The van der Waals surface area contributed by atoms with Crippen molar-refractivity contribution in [2.45, 2.75) is 0 Å². The Morgan fingerprint density at radius 1 is 0.348 bits per heavy atom. The molecule has 1 heterocycles. The highest BCUT2D eigenvalue weighted by Crippen LogP contribution is 2.35. The quantitative estimate of drug-likeness (QED) is 0.0252. The molecule has 24 heteroatoms.